The van der Waals surface area contributed by atoms with Gasteiger partial charge in [-0.05, 0) is 31.0 Å². The Labute approximate surface area is 108 Å². The summed E-state index contributed by atoms with van der Waals surface area (Å²) >= 11 is 0. The molecular weight excluding hydrogens is 230 g/mol. The highest BCUT2D eigenvalue weighted by Gasteiger charge is 2.18. The van der Waals surface area contributed by atoms with Gasteiger partial charge in [0.2, 0.25) is 0 Å². The predicted molar refractivity (Wildman–Crippen MR) is 70.1 cm³/mol. The van der Waals surface area contributed by atoms with Gasteiger partial charge in [-0.2, -0.15) is 0 Å². The SMILES string of the molecule is COc1ccc(OC)c(CN2CCC(O)CC2)c1. The fraction of sp³-hybridized carbons (Fsp3) is 0.571. The molecule has 0 atom stereocenters. The van der Waals surface area contributed by atoms with Crippen molar-refractivity contribution in [1.29, 1.82) is 0 Å². The van der Waals surface area contributed by atoms with Crippen LogP contribution in [0.5, 0.6) is 11.5 Å². The maximum atomic E-state index is 9.50. The van der Waals surface area contributed by atoms with Crippen molar-refractivity contribution in [2.45, 2.75) is 25.5 Å². The first-order valence-electron chi connectivity index (χ1n) is 6.34. The zero-order valence-electron chi connectivity index (χ0n) is 11.1. The molecule has 1 aliphatic rings. The van der Waals surface area contributed by atoms with Crippen molar-refractivity contribution in [3.05, 3.63) is 23.8 Å². The van der Waals surface area contributed by atoms with Gasteiger partial charge in [-0.25, -0.2) is 0 Å². The van der Waals surface area contributed by atoms with Crippen molar-refractivity contribution in [2.75, 3.05) is 27.3 Å². The van der Waals surface area contributed by atoms with Crippen LogP contribution in [-0.2, 0) is 6.54 Å². The third-order valence-corrected chi connectivity index (χ3v) is 3.44. The van der Waals surface area contributed by atoms with E-state index in [0.717, 1.165) is 49.5 Å². The number of hydrogen-bond acceptors (Lipinski definition) is 4. The topological polar surface area (TPSA) is 41.9 Å². The van der Waals surface area contributed by atoms with E-state index in [9.17, 15) is 5.11 Å². The predicted octanol–water partition coefficient (Wildman–Crippen LogP) is 1.66. The standard InChI is InChI=1S/C14H21NO3/c1-17-13-3-4-14(18-2)11(9-13)10-15-7-5-12(16)6-8-15/h3-4,9,12,16H,5-8,10H2,1-2H3. The Hall–Kier alpha value is -1.26. The summed E-state index contributed by atoms with van der Waals surface area (Å²) in [5.74, 6) is 1.74. The van der Waals surface area contributed by atoms with Crippen molar-refractivity contribution in [3.63, 3.8) is 0 Å². The van der Waals surface area contributed by atoms with Gasteiger partial charge in [-0.3, -0.25) is 4.90 Å². The fourth-order valence-electron chi connectivity index (χ4n) is 2.32. The second kappa shape index (κ2) is 6.07. The molecule has 1 saturated heterocycles. The third kappa shape index (κ3) is 3.15. The molecule has 1 aromatic rings. The number of aliphatic hydroxyl groups is 1. The van der Waals surface area contributed by atoms with Crippen molar-refractivity contribution in [3.8, 4) is 11.5 Å². The molecule has 0 bridgehead atoms. The van der Waals surface area contributed by atoms with Crippen LogP contribution in [0.15, 0.2) is 18.2 Å². The number of methoxy groups -OCH3 is 2. The van der Waals surface area contributed by atoms with Gasteiger partial charge >= 0.3 is 0 Å². The Morgan fingerprint density at radius 3 is 2.56 bits per heavy atom. The van der Waals surface area contributed by atoms with E-state index in [-0.39, 0.29) is 6.10 Å². The van der Waals surface area contributed by atoms with Crippen LogP contribution in [0.25, 0.3) is 0 Å². The first-order valence-corrected chi connectivity index (χ1v) is 6.34. The molecule has 1 aliphatic heterocycles. The average molecular weight is 251 g/mol. The summed E-state index contributed by atoms with van der Waals surface area (Å²) in [4.78, 5) is 2.34. The van der Waals surface area contributed by atoms with Crippen molar-refractivity contribution in [2.24, 2.45) is 0 Å². The number of ether oxygens (including phenoxy) is 2. The maximum absolute atomic E-state index is 9.50. The smallest absolute Gasteiger partial charge is 0.123 e. The summed E-state index contributed by atoms with van der Waals surface area (Å²) in [6.07, 6.45) is 1.58. The Bertz CT molecular complexity index is 387. The number of hydrogen-bond donors (Lipinski definition) is 1. The van der Waals surface area contributed by atoms with Gasteiger partial charge < -0.3 is 14.6 Å². The molecule has 18 heavy (non-hydrogen) atoms. The highest BCUT2D eigenvalue weighted by Crippen LogP contribution is 2.26. The third-order valence-electron chi connectivity index (χ3n) is 3.44. The molecule has 0 saturated carbocycles. The van der Waals surface area contributed by atoms with Crippen LogP contribution >= 0.6 is 0 Å². The van der Waals surface area contributed by atoms with Gasteiger partial charge in [0.15, 0.2) is 0 Å². The lowest BCUT2D eigenvalue weighted by Gasteiger charge is -2.29. The molecule has 0 spiro atoms. The van der Waals surface area contributed by atoms with E-state index in [0.29, 0.717) is 0 Å². The molecule has 0 aliphatic carbocycles. The lowest BCUT2D eigenvalue weighted by atomic mass is 10.1. The Morgan fingerprint density at radius 2 is 1.94 bits per heavy atom. The van der Waals surface area contributed by atoms with E-state index in [1.807, 2.05) is 18.2 Å². The quantitative estimate of drug-likeness (QED) is 0.883. The highest BCUT2D eigenvalue weighted by atomic mass is 16.5. The Balaban J connectivity index is 2.07. The second-order valence-electron chi connectivity index (χ2n) is 4.69. The summed E-state index contributed by atoms with van der Waals surface area (Å²) in [5, 5.41) is 9.50. The molecule has 0 aromatic heterocycles. The zero-order valence-corrected chi connectivity index (χ0v) is 11.1. The van der Waals surface area contributed by atoms with E-state index in [1.54, 1.807) is 14.2 Å². The summed E-state index contributed by atoms with van der Waals surface area (Å²) in [6, 6.07) is 5.86. The molecule has 2 rings (SSSR count). The number of aliphatic hydroxyl groups excluding tert-OH is 1. The zero-order chi connectivity index (χ0) is 13.0. The van der Waals surface area contributed by atoms with E-state index in [2.05, 4.69) is 4.90 Å². The first-order chi connectivity index (χ1) is 8.72. The van der Waals surface area contributed by atoms with Crippen LogP contribution in [0, 0.1) is 0 Å². The lowest BCUT2D eigenvalue weighted by molar-refractivity contribution is 0.0788. The van der Waals surface area contributed by atoms with Crippen LogP contribution in [0.4, 0.5) is 0 Å². The number of nitrogens with zero attached hydrogens (tertiary/aromatic N) is 1. The molecule has 100 valence electrons. The van der Waals surface area contributed by atoms with Crippen molar-refractivity contribution < 1.29 is 14.6 Å². The second-order valence-corrected chi connectivity index (χ2v) is 4.69. The van der Waals surface area contributed by atoms with Crippen LogP contribution in [-0.4, -0.2) is 43.4 Å². The normalized spacial score (nSPS) is 17.7. The molecule has 4 heteroatoms. The molecule has 4 nitrogen and oxygen atoms in total. The summed E-state index contributed by atoms with van der Waals surface area (Å²) in [7, 11) is 3.36. The van der Waals surface area contributed by atoms with E-state index < -0.39 is 0 Å². The molecule has 1 N–H and O–H groups in total. The fourth-order valence-corrected chi connectivity index (χ4v) is 2.32. The summed E-state index contributed by atoms with van der Waals surface area (Å²) in [5.41, 5.74) is 1.13. The van der Waals surface area contributed by atoms with Gasteiger partial charge in [0.1, 0.15) is 11.5 Å². The molecule has 1 heterocycles. The molecular formula is C14H21NO3. The minimum Gasteiger partial charge on any atom is -0.497 e. The Morgan fingerprint density at radius 1 is 1.22 bits per heavy atom. The largest absolute Gasteiger partial charge is 0.497 e. The van der Waals surface area contributed by atoms with E-state index in [4.69, 9.17) is 9.47 Å². The lowest BCUT2D eigenvalue weighted by Crippen LogP contribution is -2.35. The van der Waals surface area contributed by atoms with Gasteiger partial charge in [0.25, 0.3) is 0 Å². The number of rotatable bonds is 4. The Kier molecular flexibility index (Phi) is 4.44. The number of likely N-dealkylation sites (tertiary alicyclic amines) is 1. The molecule has 0 radical (unpaired) electrons. The molecule has 1 fully saturated rings. The average Bonchev–Trinajstić information content (AvgIpc) is 2.41. The maximum Gasteiger partial charge on any atom is 0.123 e. The van der Waals surface area contributed by atoms with E-state index in [1.165, 1.54) is 0 Å². The van der Waals surface area contributed by atoms with E-state index >= 15 is 0 Å². The van der Waals surface area contributed by atoms with Crippen LogP contribution in [0.1, 0.15) is 18.4 Å². The first kappa shape index (κ1) is 13.2. The number of piperidine rings is 1. The minimum atomic E-state index is -0.131. The molecule has 0 unspecified atom stereocenters. The van der Waals surface area contributed by atoms with Gasteiger partial charge in [-0.15, -0.1) is 0 Å². The summed E-state index contributed by atoms with van der Waals surface area (Å²) < 4.78 is 10.6. The number of benzene rings is 1. The van der Waals surface area contributed by atoms with Crippen molar-refractivity contribution >= 4 is 0 Å². The molecule has 1 aromatic carbocycles. The van der Waals surface area contributed by atoms with Crippen LogP contribution in [0.2, 0.25) is 0 Å². The molecule has 0 amide bonds. The van der Waals surface area contributed by atoms with Crippen molar-refractivity contribution in [1.82, 2.24) is 4.90 Å². The monoisotopic (exact) mass is 251 g/mol. The van der Waals surface area contributed by atoms with Gasteiger partial charge in [0, 0.05) is 25.2 Å². The van der Waals surface area contributed by atoms with Crippen LogP contribution < -0.4 is 9.47 Å². The van der Waals surface area contributed by atoms with Gasteiger partial charge in [0.05, 0.1) is 20.3 Å². The van der Waals surface area contributed by atoms with Gasteiger partial charge in [-0.1, -0.05) is 0 Å². The minimum absolute atomic E-state index is 0.131. The van der Waals surface area contributed by atoms with Crippen LogP contribution in [0.3, 0.4) is 0 Å². The summed E-state index contributed by atoms with van der Waals surface area (Å²) in [6.45, 7) is 2.70. The highest BCUT2D eigenvalue weighted by molar-refractivity contribution is 5.40.